The van der Waals surface area contributed by atoms with Crippen molar-refractivity contribution in [3.05, 3.63) is 82.0 Å². The van der Waals surface area contributed by atoms with Gasteiger partial charge in [0.15, 0.2) is 5.69 Å². The molecule has 0 bridgehead atoms. The summed E-state index contributed by atoms with van der Waals surface area (Å²) in [7, 11) is 0. The average Bonchev–Trinajstić information content (AvgIpc) is 3.62. The number of nitrogens with one attached hydrogen (secondary N) is 2. The maximum Gasteiger partial charge on any atom is 0.262 e. The average molecular weight is 647 g/mol. The lowest BCUT2D eigenvalue weighted by Crippen LogP contribution is -2.58. The third kappa shape index (κ3) is 4.86. The van der Waals surface area contributed by atoms with Crippen LogP contribution in [-0.2, 0) is 33.0 Å². The molecule has 5 heterocycles. The third-order valence-electron chi connectivity index (χ3n) is 10.3. The molecule has 2 aromatic carbocycles. The molecule has 1 aliphatic carbocycles. The van der Waals surface area contributed by atoms with E-state index in [1.165, 1.54) is 0 Å². The molecule has 1 unspecified atom stereocenters. The van der Waals surface area contributed by atoms with Gasteiger partial charge in [0.1, 0.15) is 11.6 Å². The van der Waals surface area contributed by atoms with Crippen molar-refractivity contribution in [2.75, 3.05) is 23.3 Å². The summed E-state index contributed by atoms with van der Waals surface area (Å²) in [4.78, 5) is 72.8. The maximum absolute atomic E-state index is 13.5. The van der Waals surface area contributed by atoms with Gasteiger partial charge in [0.2, 0.25) is 11.8 Å². The van der Waals surface area contributed by atoms with Gasteiger partial charge in [-0.3, -0.25) is 43.8 Å². The second-order valence-electron chi connectivity index (χ2n) is 13.9. The van der Waals surface area contributed by atoms with Crippen LogP contribution in [0.3, 0.4) is 0 Å². The highest BCUT2D eigenvalue weighted by Gasteiger charge is 2.45. The van der Waals surface area contributed by atoms with E-state index < -0.39 is 35.2 Å². The number of piperidine rings is 1. The summed E-state index contributed by atoms with van der Waals surface area (Å²) in [5.74, 6) is -1.83. The van der Waals surface area contributed by atoms with Crippen LogP contribution >= 0.6 is 0 Å². The van der Waals surface area contributed by atoms with Crippen LogP contribution in [0.1, 0.15) is 83.0 Å². The van der Waals surface area contributed by atoms with Crippen molar-refractivity contribution in [1.29, 1.82) is 0 Å². The monoisotopic (exact) mass is 646 g/mol. The second-order valence-corrected chi connectivity index (χ2v) is 13.9. The summed E-state index contributed by atoms with van der Waals surface area (Å²) in [6.07, 6.45) is 4.29. The van der Waals surface area contributed by atoms with E-state index in [2.05, 4.69) is 25.3 Å². The number of benzene rings is 2. The van der Waals surface area contributed by atoms with Crippen molar-refractivity contribution in [3.63, 3.8) is 0 Å². The molecule has 4 aliphatic heterocycles. The van der Waals surface area contributed by atoms with Crippen LogP contribution in [0.25, 0.3) is 4.85 Å². The van der Waals surface area contributed by atoms with E-state index >= 15 is 0 Å². The van der Waals surface area contributed by atoms with Crippen molar-refractivity contribution < 1.29 is 24.0 Å². The van der Waals surface area contributed by atoms with Crippen molar-refractivity contribution in [1.82, 2.24) is 24.9 Å². The lowest BCUT2D eigenvalue weighted by Gasteiger charge is -2.45. The Kier molecular flexibility index (Phi) is 6.78. The third-order valence-corrected chi connectivity index (χ3v) is 10.3. The summed E-state index contributed by atoms with van der Waals surface area (Å²) in [5, 5.41) is 10.2. The molecule has 5 amide bonds. The van der Waals surface area contributed by atoms with Gasteiger partial charge >= 0.3 is 0 Å². The number of carbonyl (C=O) groups is 5. The molecule has 48 heavy (non-hydrogen) atoms. The highest BCUT2D eigenvalue weighted by atomic mass is 16.2. The molecule has 3 fully saturated rings. The van der Waals surface area contributed by atoms with Crippen molar-refractivity contribution in [3.8, 4) is 0 Å². The Bertz CT molecular complexity index is 1960. The van der Waals surface area contributed by atoms with Gasteiger partial charge in [-0.1, -0.05) is 12.1 Å². The van der Waals surface area contributed by atoms with Gasteiger partial charge in [0.05, 0.1) is 23.4 Å². The Hall–Kier alpha value is -5.35. The topological polar surface area (TPSA) is 141 Å². The van der Waals surface area contributed by atoms with Gasteiger partial charge in [-0.05, 0) is 68.9 Å². The van der Waals surface area contributed by atoms with Gasteiger partial charge in [0, 0.05) is 61.8 Å². The van der Waals surface area contributed by atoms with Crippen LogP contribution in [0.15, 0.2) is 42.6 Å². The van der Waals surface area contributed by atoms with E-state index in [0.717, 1.165) is 59.0 Å². The van der Waals surface area contributed by atoms with Crippen LogP contribution in [0.2, 0.25) is 0 Å². The molecule has 8 rings (SSSR count). The van der Waals surface area contributed by atoms with Crippen LogP contribution in [-0.4, -0.2) is 74.3 Å². The first kappa shape index (κ1) is 30.0. The van der Waals surface area contributed by atoms with Crippen LogP contribution in [0, 0.1) is 6.57 Å². The summed E-state index contributed by atoms with van der Waals surface area (Å²) in [6.45, 7) is 13.9. The quantitative estimate of drug-likeness (QED) is 0.294. The highest BCUT2D eigenvalue weighted by molar-refractivity contribution is 6.23. The largest absolute Gasteiger partial charge is 0.368 e. The first-order chi connectivity index (χ1) is 23.0. The van der Waals surface area contributed by atoms with E-state index in [-0.39, 0.29) is 35.9 Å². The molecule has 13 nitrogen and oxygen atoms in total. The Morgan fingerprint density at radius 2 is 1.77 bits per heavy atom. The zero-order valence-electron chi connectivity index (χ0n) is 26.7. The van der Waals surface area contributed by atoms with E-state index in [1.54, 1.807) is 22.9 Å². The fourth-order valence-electron chi connectivity index (χ4n) is 7.12. The Labute approximate surface area is 276 Å². The smallest absolute Gasteiger partial charge is 0.262 e. The first-order valence-electron chi connectivity index (χ1n) is 16.3. The van der Waals surface area contributed by atoms with Crippen LogP contribution in [0.4, 0.5) is 17.1 Å². The zero-order valence-corrected chi connectivity index (χ0v) is 26.7. The van der Waals surface area contributed by atoms with E-state index in [4.69, 9.17) is 11.7 Å². The van der Waals surface area contributed by atoms with E-state index in [0.29, 0.717) is 24.7 Å². The predicted molar refractivity (Wildman–Crippen MR) is 173 cm³/mol. The summed E-state index contributed by atoms with van der Waals surface area (Å²) < 4.78 is 1.75. The van der Waals surface area contributed by atoms with Gasteiger partial charge in [0.25, 0.3) is 17.7 Å². The fraction of sp³-hybridized carbons (Fsp3) is 0.400. The van der Waals surface area contributed by atoms with E-state index in [1.807, 2.05) is 38.2 Å². The number of anilines is 2. The molecule has 244 valence electrons. The minimum atomic E-state index is -0.988. The molecule has 1 atom stereocenters. The minimum Gasteiger partial charge on any atom is -0.368 e. The maximum atomic E-state index is 13.5. The number of hydrogen-bond donors (Lipinski definition) is 2. The van der Waals surface area contributed by atoms with Crippen molar-refractivity contribution in [2.24, 2.45) is 0 Å². The lowest BCUT2D eigenvalue weighted by molar-refractivity contribution is -0.136. The number of fused-ring (bicyclic) bond motifs is 2. The SMILES string of the molecule is [C-]#[N+]c1ccc(NC(=O)C(C)(C)n2cc3c(n2)CN(C2CN(c4ccc5c(c4)C(=O)N(C4CCC(=O)NC4=O)C5=O)C2)C3)c(C2CC2)c1. The first-order valence-corrected chi connectivity index (χ1v) is 16.3. The molecular formula is C35H34N8O5. The van der Waals surface area contributed by atoms with Gasteiger partial charge in [-0.25, -0.2) is 4.85 Å². The minimum absolute atomic E-state index is 0.0803. The summed E-state index contributed by atoms with van der Waals surface area (Å²) in [6, 6.07) is 9.93. The lowest BCUT2D eigenvalue weighted by atomic mass is 10.0. The molecule has 13 heteroatoms. The predicted octanol–water partition coefficient (Wildman–Crippen LogP) is 3.29. The Balaban J connectivity index is 0.893. The molecule has 3 aromatic rings. The molecule has 0 radical (unpaired) electrons. The molecule has 2 N–H and O–H groups in total. The number of carbonyl (C=O) groups excluding carboxylic acids is 5. The number of imide groups is 2. The van der Waals surface area contributed by atoms with Gasteiger partial charge in [-0.2, -0.15) is 5.10 Å². The normalized spacial score (nSPS) is 21.1. The number of nitrogens with zero attached hydrogens (tertiary/aromatic N) is 6. The number of aromatic nitrogens is 2. The molecule has 5 aliphatic rings. The van der Waals surface area contributed by atoms with Gasteiger partial charge in [-0.15, -0.1) is 0 Å². The Morgan fingerprint density at radius 3 is 2.48 bits per heavy atom. The van der Waals surface area contributed by atoms with E-state index in [9.17, 15) is 24.0 Å². The van der Waals surface area contributed by atoms with Crippen molar-refractivity contribution >= 4 is 46.6 Å². The molecule has 0 spiro atoms. The number of amides is 5. The summed E-state index contributed by atoms with van der Waals surface area (Å²) >= 11 is 0. The fourth-order valence-corrected chi connectivity index (χ4v) is 7.12. The van der Waals surface area contributed by atoms with Crippen LogP contribution < -0.4 is 15.5 Å². The van der Waals surface area contributed by atoms with Crippen LogP contribution in [0.5, 0.6) is 0 Å². The Morgan fingerprint density at radius 1 is 1.00 bits per heavy atom. The molecule has 1 saturated carbocycles. The molecule has 2 saturated heterocycles. The highest BCUT2D eigenvalue weighted by Crippen LogP contribution is 2.45. The molecule has 1 aromatic heterocycles. The summed E-state index contributed by atoms with van der Waals surface area (Å²) in [5.41, 5.74) is 4.84. The molecular weight excluding hydrogens is 612 g/mol. The van der Waals surface area contributed by atoms with Gasteiger partial charge < -0.3 is 10.2 Å². The standard InChI is InChI=1S/C35H34N8O5/c1-35(2,34(48)37-27-9-6-21(36-3)12-25(27)19-4-5-19)42-15-20-14-40(18-28(20)39-42)23-16-41(17-23)22-7-8-24-26(13-22)33(47)43(32(24)46)29-10-11-30(44)38-31(29)45/h6-9,12-13,15,19,23,29H,4-5,10-11,14,16-18H2,1-2H3,(H,37,48)(H,38,44,45). The second kappa shape index (κ2) is 10.8. The van der Waals surface area contributed by atoms with Crippen molar-refractivity contribution in [2.45, 2.75) is 76.2 Å². The number of hydrogen-bond acceptors (Lipinski definition) is 8. The number of rotatable bonds is 7. The zero-order chi connectivity index (χ0) is 33.5.